The van der Waals surface area contributed by atoms with Crippen LogP contribution in [0.3, 0.4) is 0 Å². The second kappa shape index (κ2) is 9.98. The van der Waals surface area contributed by atoms with Gasteiger partial charge in [-0.25, -0.2) is 8.42 Å². The number of sulfone groups is 1. The summed E-state index contributed by atoms with van der Waals surface area (Å²) in [4.78, 5) is 15.1. The van der Waals surface area contributed by atoms with E-state index in [-0.39, 0.29) is 23.5 Å². The number of carbonyl (C=O) groups excluding carboxylic acids is 1. The molecular weight excluding hydrogens is 402 g/mol. The van der Waals surface area contributed by atoms with Crippen LogP contribution in [0, 0.1) is 0 Å². The summed E-state index contributed by atoms with van der Waals surface area (Å²) in [7, 11) is -1.52. The van der Waals surface area contributed by atoms with E-state index in [1.807, 2.05) is 30.3 Å². The van der Waals surface area contributed by atoms with Crippen LogP contribution in [-0.4, -0.2) is 50.5 Å². The monoisotopic (exact) mass is 431 g/mol. The number of ether oxygens (including phenoxy) is 2. The number of carbonyl (C=O) groups is 1. The largest absolute Gasteiger partial charge is 0.497 e. The quantitative estimate of drug-likeness (QED) is 0.566. The van der Waals surface area contributed by atoms with E-state index in [4.69, 9.17) is 9.47 Å². The fourth-order valence-corrected chi connectivity index (χ4v) is 5.27. The molecule has 1 atom stereocenters. The van der Waals surface area contributed by atoms with Crippen molar-refractivity contribution in [3.05, 3.63) is 59.7 Å². The van der Waals surface area contributed by atoms with Crippen LogP contribution in [-0.2, 0) is 16.4 Å². The van der Waals surface area contributed by atoms with Gasteiger partial charge in [0.15, 0.2) is 9.84 Å². The molecule has 2 aromatic carbocycles. The van der Waals surface area contributed by atoms with Crippen molar-refractivity contribution in [3.8, 4) is 11.5 Å². The third kappa shape index (κ3) is 5.75. The van der Waals surface area contributed by atoms with Gasteiger partial charge in [0.05, 0.1) is 25.2 Å². The van der Waals surface area contributed by atoms with Crippen molar-refractivity contribution in [2.24, 2.45) is 0 Å². The van der Waals surface area contributed by atoms with Crippen molar-refractivity contribution in [2.45, 2.75) is 38.8 Å². The first-order valence-corrected chi connectivity index (χ1v) is 12.1. The van der Waals surface area contributed by atoms with E-state index in [2.05, 4.69) is 6.92 Å². The van der Waals surface area contributed by atoms with Gasteiger partial charge in [0.1, 0.15) is 11.5 Å². The molecule has 0 aromatic heterocycles. The molecule has 1 fully saturated rings. The van der Waals surface area contributed by atoms with Crippen LogP contribution in [0.4, 0.5) is 0 Å². The van der Waals surface area contributed by atoms with Crippen LogP contribution >= 0.6 is 0 Å². The van der Waals surface area contributed by atoms with Crippen LogP contribution < -0.4 is 9.47 Å². The Morgan fingerprint density at radius 2 is 1.90 bits per heavy atom. The number of unbranched alkanes of at least 4 members (excludes halogenated alkanes) is 1. The molecule has 30 heavy (non-hydrogen) atoms. The van der Waals surface area contributed by atoms with Crippen LogP contribution in [0.1, 0.15) is 42.1 Å². The Labute approximate surface area is 178 Å². The fraction of sp³-hybridized carbons (Fsp3) is 0.435. The Morgan fingerprint density at radius 1 is 1.13 bits per heavy atom. The van der Waals surface area contributed by atoms with Crippen molar-refractivity contribution >= 4 is 15.7 Å². The molecule has 0 radical (unpaired) electrons. The molecule has 1 amide bonds. The van der Waals surface area contributed by atoms with Gasteiger partial charge in [0, 0.05) is 18.2 Å². The molecule has 1 saturated heterocycles. The van der Waals surface area contributed by atoms with E-state index in [0.717, 1.165) is 24.2 Å². The second-order valence-corrected chi connectivity index (χ2v) is 9.80. The number of hydrogen-bond donors (Lipinski definition) is 0. The van der Waals surface area contributed by atoms with Gasteiger partial charge in [-0.3, -0.25) is 4.79 Å². The molecule has 0 bridgehead atoms. The van der Waals surface area contributed by atoms with Gasteiger partial charge in [-0.2, -0.15) is 0 Å². The third-order valence-electron chi connectivity index (χ3n) is 5.27. The number of hydrogen-bond acceptors (Lipinski definition) is 5. The Bertz CT molecular complexity index is 956. The van der Waals surface area contributed by atoms with Crippen molar-refractivity contribution in [2.75, 3.05) is 25.2 Å². The molecule has 6 nitrogen and oxygen atoms in total. The fourth-order valence-electron chi connectivity index (χ4n) is 3.53. The van der Waals surface area contributed by atoms with E-state index in [1.165, 1.54) is 0 Å². The first-order valence-electron chi connectivity index (χ1n) is 10.3. The van der Waals surface area contributed by atoms with Gasteiger partial charge in [0.2, 0.25) is 0 Å². The first kappa shape index (κ1) is 22.2. The molecule has 1 heterocycles. The second-order valence-electron chi connectivity index (χ2n) is 7.57. The molecule has 3 rings (SSSR count). The molecule has 1 aliphatic rings. The van der Waals surface area contributed by atoms with Gasteiger partial charge >= 0.3 is 0 Å². The lowest BCUT2D eigenvalue weighted by molar-refractivity contribution is 0.0680. The Hall–Kier alpha value is -2.54. The smallest absolute Gasteiger partial charge is 0.254 e. The summed E-state index contributed by atoms with van der Waals surface area (Å²) in [6.07, 6.45) is 2.43. The van der Waals surface area contributed by atoms with Gasteiger partial charge in [0.25, 0.3) is 5.91 Å². The molecular formula is C23H29NO5S. The minimum absolute atomic E-state index is 0.00157. The van der Waals surface area contributed by atoms with E-state index in [9.17, 15) is 13.2 Å². The van der Waals surface area contributed by atoms with Gasteiger partial charge in [-0.1, -0.05) is 31.5 Å². The zero-order valence-electron chi connectivity index (χ0n) is 17.5. The SMILES string of the molecule is CCCCOc1cccc(C(=O)N(Cc2ccc(OC)cc2)C2CCS(=O)(=O)C2)c1. The average molecular weight is 432 g/mol. The molecule has 7 heteroatoms. The van der Waals surface area contributed by atoms with Crippen molar-refractivity contribution in [1.82, 2.24) is 4.90 Å². The number of benzene rings is 2. The van der Waals surface area contributed by atoms with E-state index in [0.29, 0.717) is 30.9 Å². The standard InChI is InChI=1S/C23H29NO5S/c1-3-4-13-29-22-7-5-6-19(15-22)23(25)24(20-12-14-30(26,27)17-20)16-18-8-10-21(28-2)11-9-18/h5-11,15,20H,3-4,12-14,16-17H2,1-2H3. The lowest BCUT2D eigenvalue weighted by Gasteiger charge is -2.29. The summed E-state index contributed by atoms with van der Waals surface area (Å²) in [6.45, 7) is 3.03. The van der Waals surface area contributed by atoms with Crippen LogP contribution in [0.5, 0.6) is 11.5 Å². The van der Waals surface area contributed by atoms with Gasteiger partial charge in [-0.05, 0) is 48.7 Å². The zero-order chi connectivity index (χ0) is 21.6. The molecule has 162 valence electrons. The van der Waals surface area contributed by atoms with Gasteiger partial charge in [-0.15, -0.1) is 0 Å². The number of amides is 1. The number of nitrogens with zero attached hydrogens (tertiary/aromatic N) is 1. The maximum Gasteiger partial charge on any atom is 0.254 e. The lowest BCUT2D eigenvalue weighted by Crippen LogP contribution is -2.40. The summed E-state index contributed by atoms with van der Waals surface area (Å²) in [5.74, 6) is 1.31. The topological polar surface area (TPSA) is 72.9 Å². The summed E-state index contributed by atoms with van der Waals surface area (Å²) in [5.41, 5.74) is 1.42. The van der Waals surface area contributed by atoms with Crippen molar-refractivity contribution in [1.29, 1.82) is 0 Å². The maximum atomic E-state index is 13.4. The van der Waals surface area contributed by atoms with Crippen LogP contribution in [0.25, 0.3) is 0 Å². The summed E-state index contributed by atoms with van der Waals surface area (Å²) in [5, 5.41) is 0. The van der Waals surface area contributed by atoms with Crippen LogP contribution in [0.15, 0.2) is 48.5 Å². The number of rotatable bonds is 9. The molecule has 1 aliphatic heterocycles. The maximum absolute atomic E-state index is 13.4. The Balaban J connectivity index is 1.83. The zero-order valence-corrected chi connectivity index (χ0v) is 18.4. The highest BCUT2D eigenvalue weighted by Crippen LogP contribution is 2.24. The Morgan fingerprint density at radius 3 is 2.53 bits per heavy atom. The summed E-state index contributed by atoms with van der Waals surface area (Å²) in [6, 6.07) is 14.2. The Kier molecular flexibility index (Phi) is 7.37. The van der Waals surface area contributed by atoms with Gasteiger partial charge < -0.3 is 14.4 Å². The van der Waals surface area contributed by atoms with Crippen LogP contribution in [0.2, 0.25) is 0 Å². The highest BCUT2D eigenvalue weighted by atomic mass is 32.2. The molecule has 0 saturated carbocycles. The van der Waals surface area contributed by atoms with Crippen molar-refractivity contribution < 1.29 is 22.7 Å². The first-order chi connectivity index (χ1) is 14.4. The molecule has 1 unspecified atom stereocenters. The third-order valence-corrected chi connectivity index (χ3v) is 7.02. The van der Waals surface area contributed by atoms with E-state index in [1.54, 1.807) is 30.2 Å². The average Bonchev–Trinajstić information content (AvgIpc) is 3.12. The molecule has 2 aromatic rings. The van der Waals surface area contributed by atoms with E-state index < -0.39 is 9.84 Å². The minimum Gasteiger partial charge on any atom is -0.497 e. The predicted molar refractivity (Wildman–Crippen MR) is 117 cm³/mol. The molecule has 0 spiro atoms. The normalized spacial score (nSPS) is 17.5. The summed E-state index contributed by atoms with van der Waals surface area (Å²) < 4.78 is 35.1. The van der Waals surface area contributed by atoms with Crippen molar-refractivity contribution in [3.63, 3.8) is 0 Å². The highest BCUT2D eigenvalue weighted by Gasteiger charge is 2.35. The van der Waals surface area contributed by atoms with E-state index >= 15 is 0 Å². The number of methoxy groups -OCH3 is 1. The minimum atomic E-state index is -3.12. The highest BCUT2D eigenvalue weighted by molar-refractivity contribution is 7.91. The molecule has 0 aliphatic carbocycles. The molecule has 0 N–H and O–H groups in total. The lowest BCUT2D eigenvalue weighted by atomic mass is 10.1. The summed E-state index contributed by atoms with van der Waals surface area (Å²) >= 11 is 0. The predicted octanol–water partition coefficient (Wildman–Crippen LogP) is 3.70.